The SMILES string of the molecule is CCOc1ccc(-n2nnc3cnc(Nc4cnn(C5CCNCC5)c4)nc32)cc1. The number of ether oxygens (including phenoxy) is 1. The zero-order chi connectivity index (χ0) is 20.3. The highest BCUT2D eigenvalue weighted by Crippen LogP contribution is 2.22. The Hall–Kier alpha value is -3.53. The number of rotatable bonds is 6. The average molecular weight is 405 g/mol. The van der Waals surface area contributed by atoms with Crippen molar-refractivity contribution in [2.24, 2.45) is 0 Å². The van der Waals surface area contributed by atoms with Crippen LogP contribution in [-0.2, 0) is 0 Å². The van der Waals surface area contributed by atoms with E-state index in [4.69, 9.17) is 4.74 Å². The molecule has 4 aromatic rings. The fraction of sp³-hybridized carbons (Fsp3) is 0.350. The average Bonchev–Trinajstić information content (AvgIpc) is 3.42. The first-order valence-electron chi connectivity index (χ1n) is 10.1. The third-order valence-corrected chi connectivity index (χ3v) is 5.13. The lowest BCUT2D eigenvalue weighted by molar-refractivity contribution is 0.340. The van der Waals surface area contributed by atoms with Gasteiger partial charge in [-0.1, -0.05) is 5.21 Å². The summed E-state index contributed by atoms with van der Waals surface area (Å²) in [6.45, 7) is 4.63. The maximum absolute atomic E-state index is 5.50. The zero-order valence-corrected chi connectivity index (χ0v) is 16.7. The van der Waals surface area contributed by atoms with Crippen molar-refractivity contribution in [2.45, 2.75) is 25.8 Å². The quantitative estimate of drug-likeness (QED) is 0.504. The van der Waals surface area contributed by atoms with E-state index < -0.39 is 0 Å². The van der Waals surface area contributed by atoms with Gasteiger partial charge in [-0.3, -0.25) is 4.68 Å². The van der Waals surface area contributed by atoms with Gasteiger partial charge in [0, 0.05) is 6.20 Å². The molecule has 0 bridgehead atoms. The monoisotopic (exact) mass is 405 g/mol. The number of hydrogen-bond donors (Lipinski definition) is 2. The molecule has 0 atom stereocenters. The Kier molecular flexibility index (Phi) is 4.98. The van der Waals surface area contributed by atoms with E-state index in [0.717, 1.165) is 43.1 Å². The fourth-order valence-corrected chi connectivity index (χ4v) is 3.62. The van der Waals surface area contributed by atoms with E-state index in [1.165, 1.54) is 0 Å². The maximum atomic E-state index is 5.50. The van der Waals surface area contributed by atoms with E-state index in [-0.39, 0.29) is 0 Å². The molecule has 1 aliphatic rings. The van der Waals surface area contributed by atoms with Gasteiger partial charge in [0.2, 0.25) is 5.95 Å². The van der Waals surface area contributed by atoms with Crippen molar-refractivity contribution in [1.82, 2.24) is 40.1 Å². The molecule has 1 aliphatic heterocycles. The van der Waals surface area contributed by atoms with Crippen molar-refractivity contribution in [2.75, 3.05) is 25.0 Å². The molecule has 0 spiro atoms. The van der Waals surface area contributed by atoms with Crippen molar-refractivity contribution < 1.29 is 4.74 Å². The van der Waals surface area contributed by atoms with Crippen molar-refractivity contribution in [3.63, 3.8) is 0 Å². The summed E-state index contributed by atoms with van der Waals surface area (Å²) in [5, 5.41) is 19.5. The Morgan fingerprint density at radius 3 is 2.80 bits per heavy atom. The second kappa shape index (κ2) is 8.07. The minimum absolute atomic E-state index is 0.426. The smallest absolute Gasteiger partial charge is 0.229 e. The molecule has 1 fully saturated rings. The first kappa shape index (κ1) is 18.5. The molecule has 0 saturated carbocycles. The van der Waals surface area contributed by atoms with Gasteiger partial charge in [-0.25, -0.2) is 4.98 Å². The van der Waals surface area contributed by atoms with Crippen LogP contribution in [0.15, 0.2) is 42.9 Å². The molecule has 0 aliphatic carbocycles. The molecule has 0 amide bonds. The number of fused-ring (bicyclic) bond motifs is 1. The minimum atomic E-state index is 0.426. The maximum Gasteiger partial charge on any atom is 0.229 e. The molecule has 2 N–H and O–H groups in total. The lowest BCUT2D eigenvalue weighted by Gasteiger charge is -2.22. The Balaban J connectivity index is 1.38. The standard InChI is InChI=1S/C20H23N9O/c1-2-30-17-5-3-16(4-6-17)29-19-18(26-27-29)12-22-20(25-19)24-14-11-23-28(13-14)15-7-9-21-10-8-15/h3-6,11-13,15,21H,2,7-10H2,1H3,(H,22,24,25). The first-order chi connectivity index (χ1) is 14.8. The number of nitrogens with one attached hydrogen (secondary N) is 2. The molecule has 10 nitrogen and oxygen atoms in total. The van der Waals surface area contributed by atoms with E-state index >= 15 is 0 Å². The summed E-state index contributed by atoms with van der Waals surface area (Å²) < 4.78 is 9.22. The number of benzene rings is 1. The van der Waals surface area contributed by atoms with Crippen molar-refractivity contribution in [3.8, 4) is 11.4 Å². The molecular formula is C20H23N9O. The van der Waals surface area contributed by atoms with Gasteiger partial charge in [0.05, 0.1) is 36.4 Å². The summed E-state index contributed by atoms with van der Waals surface area (Å²) in [7, 11) is 0. The third kappa shape index (κ3) is 3.69. The van der Waals surface area contributed by atoms with Crippen molar-refractivity contribution in [1.29, 1.82) is 0 Å². The highest BCUT2D eigenvalue weighted by molar-refractivity contribution is 5.72. The fourth-order valence-electron chi connectivity index (χ4n) is 3.62. The van der Waals surface area contributed by atoms with E-state index in [0.29, 0.717) is 29.8 Å². The van der Waals surface area contributed by atoms with Crippen LogP contribution in [-0.4, -0.2) is 54.4 Å². The molecule has 30 heavy (non-hydrogen) atoms. The van der Waals surface area contributed by atoms with Gasteiger partial charge in [-0.2, -0.15) is 14.8 Å². The summed E-state index contributed by atoms with van der Waals surface area (Å²) in [5.41, 5.74) is 2.96. The van der Waals surface area contributed by atoms with Gasteiger partial charge in [-0.05, 0) is 57.1 Å². The highest BCUT2D eigenvalue weighted by atomic mass is 16.5. The van der Waals surface area contributed by atoms with Gasteiger partial charge >= 0.3 is 0 Å². The Morgan fingerprint density at radius 1 is 1.17 bits per heavy atom. The van der Waals surface area contributed by atoms with E-state index in [1.807, 2.05) is 42.1 Å². The molecule has 1 aromatic carbocycles. The molecule has 4 heterocycles. The third-order valence-electron chi connectivity index (χ3n) is 5.13. The number of aromatic nitrogens is 7. The minimum Gasteiger partial charge on any atom is -0.494 e. The second-order valence-corrected chi connectivity index (χ2v) is 7.15. The molecular weight excluding hydrogens is 382 g/mol. The Labute approximate surface area is 173 Å². The lowest BCUT2D eigenvalue weighted by atomic mass is 10.1. The molecule has 154 valence electrons. The molecule has 5 rings (SSSR count). The normalized spacial score (nSPS) is 14.8. The van der Waals surface area contributed by atoms with Crippen LogP contribution in [0.25, 0.3) is 16.9 Å². The van der Waals surface area contributed by atoms with E-state index in [9.17, 15) is 0 Å². The molecule has 1 saturated heterocycles. The zero-order valence-electron chi connectivity index (χ0n) is 16.7. The topological polar surface area (TPSA) is 108 Å². The van der Waals surface area contributed by atoms with Crippen LogP contribution in [0.3, 0.4) is 0 Å². The first-order valence-corrected chi connectivity index (χ1v) is 10.1. The van der Waals surface area contributed by atoms with Crippen LogP contribution < -0.4 is 15.4 Å². The van der Waals surface area contributed by atoms with E-state index in [1.54, 1.807) is 17.1 Å². The predicted octanol–water partition coefficient (Wildman–Crippen LogP) is 2.47. The molecule has 0 radical (unpaired) electrons. The van der Waals surface area contributed by atoms with Crippen LogP contribution in [0.5, 0.6) is 5.75 Å². The van der Waals surface area contributed by atoms with Crippen LogP contribution >= 0.6 is 0 Å². The molecule has 0 unspecified atom stereocenters. The summed E-state index contributed by atoms with van der Waals surface area (Å²) in [4.78, 5) is 8.99. The van der Waals surface area contributed by atoms with Gasteiger partial charge < -0.3 is 15.4 Å². The van der Waals surface area contributed by atoms with Gasteiger partial charge in [0.25, 0.3) is 0 Å². The largest absolute Gasteiger partial charge is 0.494 e. The van der Waals surface area contributed by atoms with Gasteiger partial charge in [0.15, 0.2) is 11.2 Å². The molecule has 3 aromatic heterocycles. The number of hydrogen-bond acceptors (Lipinski definition) is 8. The number of piperidine rings is 1. The van der Waals surface area contributed by atoms with Gasteiger partial charge in [0.1, 0.15) is 5.75 Å². The number of nitrogens with zero attached hydrogens (tertiary/aromatic N) is 7. The highest BCUT2D eigenvalue weighted by Gasteiger charge is 2.16. The summed E-state index contributed by atoms with van der Waals surface area (Å²) in [6.07, 6.45) is 7.64. The van der Waals surface area contributed by atoms with E-state index in [2.05, 4.69) is 36.0 Å². The predicted molar refractivity (Wildman–Crippen MR) is 112 cm³/mol. The van der Waals surface area contributed by atoms with Gasteiger partial charge in [-0.15, -0.1) is 5.10 Å². The second-order valence-electron chi connectivity index (χ2n) is 7.15. The summed E-state index contributed by atoms with van der Waals surface area (Å²) in [5.74, 6) is 1.29. The Morgan fingerprint density at radius 2 is 2.00 bits per heavy atom. The van der Waals surface area contributed by atoms with Crippen LogP contribution in [0.4, 0.5) is 11.6 Å². The number of anilines is 2. The van der Waals surface area contributed by atoms with Crippen LogP contribution in [0.1, 0.15) is 25.8 Å². The summed E-state index contributed by atoms with van der Waals surface area (Å²) in [6, 6.07) is 8.09. The summed E-state index contributed by atoms with van der Waals surface area (Å²) >= 11 is 0. The molecule has 10 heteroatoms. The van der Waals surface area contributed by atoms with Crippen LogP contribution in [0, 0.1) is 0 Å². The van der Waals surface area contributed by atoms with Crippen molar-refractivity contribution in [3.05, 3.63) is 42.9 Å². The van der Waals surface area contributed by atoms with Crippen molar-refractivity contribution >= 4 is 22.8 Å². The Bertz CT molecular complexity index is 1130. The van der Waals surface area contributed by atoms with Crippen LogP contribution in [0.2, 0.25) is 0 Å². The lowest BCUT2D eigenvalue weighted by Crippen LogP contribution is -2.29.